The Bertz CT molecular complexity index is 442. The van der Waals surface area contributed by atoms with Gasteiger partial charge in [-0.25, -0.2) is 0 Å². The van der Waals surface area contributed by atoms with Gasteiger partial charge in [-0.15, -0.1) is 0 Å². The summed E-state index contributed by atoms with van der Waals surface area (Å²) >= 11 is 0. The number of aryl methyl sites for hydroxylation is 1. The molecule has 88 valence electrons. The summed E-state index contributed by atoms with van der Waals surface area (Å²) in [7, 11) is -0.747. The van der Waals surface area contributed by atoms with Gasteiger partial charge in [-0.2, -0.15) is 0 Å². The molecule has 0 bridgehead atoms. The van der Waals surface area contributed by atoms with E-state index < -0.39 is 13.3 Å². The summed E-state index contributed by atoms with van der Waals surface area (Å²) in [5.74, 6) is 0.432. The second-order valence-electron chi connectivity index (χ2n) is 3.58. The van der Waals surface area contributed by atoms with Crippen LogP contribution >= 0.6 is 7.60 Å². The number of hydrogen-bond donors (Lipinski definition) is 0. The molecule has 1 unspecified atom stereocenters. The molecule has 5 nitrogen and oxygen atoms in total. The highest BCUT2D eigenvalue weighted by Gasteiger charge is 2.43. The van der Waals surface area contributed by atoms with Crippen LogP contribution in [0.15, 0.2) is 16.7 Å². The van der Waals surface area contributed by atoms with Crippen molar-refractivity contribution >= 4 is 13.4 Å². The number of carbonyl (C=O) groups is 1. The minimum Gasteiger partial charge on any atom is -0.469 e. The molecule has 0 fully saturated rings. The minimum absolute atomic E-state index is 0.220. The van der Waals surface area contributed by atoms with Crippen molar-refractivity contribution in [3.05, 3.63) is 23.7 Å². The Morgan fingerprint density at radius 2 is 2.12 bits per heavy atom. The summed E-state index contributed by atoms with van der Waals surface area (Å²) in [6.07, 6.45) is 2.48. The molecular formula is C10H13O5P. The summed E-state index contributed by atoms with van der Waals surface area (Å²) in [5, 5.41) is 0. The predicted molar refractivity (Wildman–Crippen MR) is 56.8 cm³/mol. The Labute approximate surface area is 93.3 Å². The van der Waals surface area contributed by atoms with Crippen LogP contribution in [0.3, 0.4) is 0 Å². The van der Waals surface area contributed by atoms with Gasteiger partial charge in [0, 0.05) is 20.6 Å². The second-order valence-corrected chi connectivity index (χ2v) is 6.01. The fraction of sp³-hybridized carbons (Fsp3) is 0.500. The molecule has 0 radical (unpaired) electrons. The van der Waals surface area contributed by atoms with Crippen LogP contribution in [0.25, 0.3) is 0 Å². The van der Waals surface area contributed by atoms with Crippen LogP contribution < -0.4 is 0 Å². The molecule has 0 spiro atoms. The maximum Gasteiger partial charge on any atom is 0.340 e. The van der Waals surface area contributed by atoms with E-state index in [0.29, 0.717) is 24.2 Å². The molecule has 1 aliphatic rings. The van der Waals surface area contributed by atoms with Crippen LogP contribution in [0.1, 0.15) is 22.5 Å². The second kappa shape index (κ2) is 4.17. The van der Waals surface area contributed by atoms with E-state index >= 15 is 0 Å². The highest BCUT2D eigenvalue weighted by molar-refractivity contribution is 7.55. The van der Waals surface area contributed by atoms with E-state index in [4.69, 9.17) is 13.5 Å². The van der Waals surface area contributed by atoms with Crippen LogP contribution in [-0.2, 0) is 20.0 Å². The molecule has 0 aromatic carbocycles. The lowest BCUT2D eigenvalue weighted by molar-refractivity contribution is 0.0958. The van der Waals surface area contributed by atoms with Crippen molar-refractivity contribution in [3.8, 4) is 0 Å². The zero-order valence-electron chi connectivity index (χ0n) is 9.13. The third-order valence-electron chi connectivity index (χ3n) is 2.85. The van der Waals surface area contributed by atoms with Crippen LogP contribution in [0.2, 0.25) is 0 Å². The van der Waals surface area contributed by atoms with Gasteiger partial charge in [-0.05, 0) is 12.5 Å². The third-order valence-corrected chi connectivity index (χ3v) is 5.12. The van der Waals surface area contributed by atoms with Crippen molar-refractivity contribution < 1.29 is 22.8 Å². The molecular weight excluding hydrogens is 231 g/mol. The molecule has 1 atom stereocenters. The standard InChI is InChI=1S/C10H13O5P/c1-13-16(12,14-2)9-4-3-8-7(10(9)11)5-6-15-8/h5-6,9H,3-4H2,1-2H3. The fourth-order valence-electron chi connectivity index (χ4n) is 1.96. The normalized spacial score (nSPS) is 20.9. The Hall–Kier alpha value is -0.900. The molecule has 0 saturated carbocycles. The van der Waals surface area contributed by atoms with E-state index in [2.05, 4.69) is 0 Å². The van der Waals surface area contributed by atoms with Crippen LogP contribution in [-0.4, -0.2) is 25.7 Å². The van der Waals surface area contributed by atoms with E-state index in [-0.39, 0.29) is 5.78 Å². The molecule has 1 heterocycles. The number of carbonyl (C=O) groups excluding carboxylic acids is 1. The average Bonchev–Trinajstić information content (AvgIpc) is 2.77. The molecule has 0 saturated heterocycles. The summed E-state index contributed by atoms with van der Waals surface area (Å²) < 4.78 is 27.1. The summed E-state index contributed by atoms with van der Waals surface area (Å²) in [6.45, 7) is 0. The Morgan fingerprint density at radius 1 is 1.44 bits per heavy atom. The van der Waals surface area contributed by atoms with Gasteiger partial charge in [0.05, 0.1) is 11.8 Å². The van der Waals surface area contributed by atoms with Gasteiger partial charge < -0.3 is 13.5 Å². The monoisotopic (exact) mass is 244 g/mol. The summed E-state index contributed by atoms with van der Waals surface area (Å²) in [4.78, 5) is 12.1. The SMILES string of the molecule is COP(=O)(OC)C1CCc2occc2C1=O. The zero-order valence-corrected chi connectivity index (χ0v) is 10.0. The molecule has 6 heteroatoms. The van der Waals surface area contributed by atoms with E-state index in [1.165, 1.54) is 20.5 Å². The average molecular weight is 244 g/mol. The topological polar surface area (TPSA) is 65.7 Å². The molecule has 16 heavy (non-hydrogen) atoms. The van der Waals surface area contributed by atoms with E-state index in [1.54, 1.807) is 6.07 Å². The maximum absolute atomic E-state index is 12.2. The number of rotatable bonds is 3. The highest BCUT2D eigenvalue weighted by atomic mass is 31.2. The lowest BCUT2D eigenvalue weighted by Crippen LogP contribution is -2.27. The molecule has 0 N–H and O–H groups in total. The third kappa shape index (κ3) is 1.65. The van der Waals surface area contributed by atoms with Gasteiger partial charge in [-0.3, -0.25) is 9.36 Å². The first-order valence-corrected chi connectivity index (χ1v) is 6.55. The maximum atomic E-state index is 12.2. The molecule has 1 aromatic rings. The largest absolute Gasteiger partial charge is 0.469 e. The van der Waals surface area contributed by atoms with Crippen molar-refractivity contribution in [2.75, 3.05) is 14.2 Å². The van der Waals surface area contributed by atoms with Crippen LogP contribution in [0.4, 0.5) is 0 Å². The Morgan fingerprint density at radius 3 is 2.75 bits per heavy atom. The van der Waals surface area contributed by atoms with E-state index in [1.807, 2.05) is 0 Å². The first-order valence-electron chi connectivity index (χ1n) is 4.94. The molecule has 1 aliphatic carbocycles. The first kappa shape index (κ1) is 11.6. The lowest BCUT2D eigenvalue weighted by Gasteiger charge is -2.25. The molecule has 0 aliphatic heterocycles. The predicted octanol–water partition coefficient (Wildman–Crippen LogP) is 2.26. The summed E-state index contributed by atoms with van der Waals surface area (Å²) in [5.41, 5.74) is -0.224. The van der Waals surface area contributed by atoms with Gasteiger partial charge in [0.2, 0.25) is 0 Å². The van der Waals surface area contributed by atoms with Crippen molar-refractivity contribution in [1.82, 2.24) is 0 Å². The van der Waals surface area contributed by atoms with Crippen LogP contribution in [0.5, 0.6) is 0 Å². The first-order chi connectivity index (χ1) is 7.62. The number of Topliss-reactive ketones (excluding diaryl/α,β-unsaturated/α-hetero) is 1. The smallest absolute Gasteiger partial charge is 0.340 e. The molecule has 0 amide bonds. The number of hydrogen-bond acceptors (Lipinski definition) is 5. The minimum atomic E-state index is -3.34. The van der Waals surface area contributed by atoms with Gasteiger partial charge in [0.1, 0.15) is 11.4 Å². The van der Waals surface area contributed by atoms with Gasteiger partial charge in [0.15, 0.2) is 5.78 Å². The fourth-order valence-corrected chi connectivity index (χ4v) is 3.49. The summed E-state index contributed by atoms with van der Waals surface area (Å²) in [6, 6.07) is 1.60. The molecule has 2 rings (SSSR count). The van der Waals surface area contributed by atoms with Crippen molar-refractivity contribution in [2.24, 2.45) is 0 Å². The molecule has 1 aromatic heterocycles. The Kier molecular flexibility index (Phi) is 3.02. The quantitative estimate of drug-likeness (QED) is 0.763. The lowest BCUT2D eigenvalue weighted by atomic mass is 9.97. The van der Waals surface area contributed by atoms with E-state index in [0.717, 1.165) is 0 Å². The van der Waals surface area contributed by atoms with Gasteiger partial charge in [0.25, 0.3) is 0 Å². The number of fused-ring (bicyclic) bond motifs is 1. The Balaban J connectivity index is 2.35. The van der Waals surface area contributed by atoms with Gasteiger partial charge >= 0.3 is 7.60 Å². The van der Waals surface area contributed by atoms with Crippen LogP contribution in [0, 0.1) is 0 Å². The van der Waals surface area contributed by atoms with Gasteiger partial charge in [-0.1, -0.05) is 0 Å². The number of ketones is 1. The number of furan rings is 1. The zero-order chi connectivity index (χ0) is 11.8. The van der Waals surface area contributed by atoms with E-state index in [9.17, 15) is 9.36 Å². The van der Waals surface area contributed by atoms with Crippen molar-refractivity contribution in [1.29, 1.82) is 0 Å². The van der Waals surface area contributed by atoms with Crippen molar-refractivity contribution in [3.63, 3.8) is 0 Å². The highest BCUT2D eigenvalue weighted by Crippen LogP contribution is 2.55. The van der Waals surface area contributed by atoms with Crippen molar-refractivity contribution in [2.45, 2.75) is 18.5 Å².